The van der Waals surface area contributed by atoms with Gasteiger partial charge in [0.2, 0.25) is 0 Å². The van der Waals surface area contributed by atoms with Gasteiger partial charge in [-0.3, -0.25) is 15.1 Å². The van der Waals surface area contributed by atoms with Gasteiger partial charge in [0.05, 0.1) is 10.6 Å². The topological polar surface area (TPSA) is 83.1 Å². The fourth-order valence-electron chi connectivity index (χ4n) is 3.76. The Kier molecular flexibility index (Phi) is 9.96. The number of aromatic nitrogens is 1. The number of pyridine rings is 1. The van der Waals surface area contributed by atoms with Crippen molar-refractivity contribution in [3.8, 4) is 6.07 Å². The highest BCUT2D eigenvalue weighted by atomic mass is 16.6. The molecule has 0 radical (unpaired) electrons. The number of nitro groups is 1. The lowest BCUT2D eigenvalue weighted by atomic mass is 10.1. The average molecular weight is 481 g/mol. The summed E-state index contributed by atoms with van der Waals surface area (Å²) in [6, 6.07) is 19.0. The highest BCUT2D eigenvalue weighted by Gasteiger charge is 2.12. The molecule has 1 aromatic heterocycles. The zero-order valence-corrected chi connectivity index (χ0v) is 20.9. The van der Waals surface area contributed by atoms with E-state index in [0.29, 0.717) is 5.56 Å². The second-order valence-corrected chi connectivity index (χ2v) is 8.61. The van der Waals surface area contributed by atoms with Crippen LogP contribution in [0.15, 0.2) is 60.8 Å². The lowest BCUT2D eigenvalue weighted by Crippen LogP contribution is -2.25. The Morgan fingerprint density at radius 1 is 0.889 bits per heavy atom. The summed E-state index contributed by atoms with van der Waals surface area (Å²) >= 11 is 0. The standard InChI is InChI=1S/C30H32N4O2/c1-3-5-19-33(20-6-4-2)29-16-11-24(12-17-29)7-8-26-10-15-28(32-23-26)14-9-25-13-18-30(34(35)36)27(21-25)22-31/h7-18,21,23H,3-6,19-20H2,1-2H3. The minimum absolute atomic E-state index is 0.0401. The van der Waals surface area contributed by atoms with Crippen molar-refractivity contribution < 1.29 is 4.92 Å². The summed E-state index contributed by atoms with van der Waals surface area (Å²) < 4.78 is 0. The number of nitro benzene ring substituents is 1. The molecule has 0 fully saturated rings. The third-order valence-corrected chi connectivity index (χ3v) is 5.88. The second-order valence-electron chi connectivity index (χ2n) is 8.61. The van der Waals surface area contributed by atoms with Crippen LogP contribution in [0.3, 0.4) is 0 Å². The zero-order chi connectivity index (χ0) is 25.8. The number of nitriles is 1. The molecular formula is C30H32N4O2. The Morgan fingerprint density at radius 2 is 1.50 bits per heavy atom. The first-order valence-corrected chi connectivity index (χ1v) is 12.4. The number of nitrogens with zero attached hydrogens (tertiary/aromatic N) is 4. The van der Waals surface area contributed by atoms with Crippen LogP contribution in [0.4, 0.5) is 11.4 Å². The maximum absolute atomic E-state index is 11.0. The van der Waals surface area contributed by atoms with Gasteiger partial charge < -0.3 is 4.90 Å². The Bertz CT molecular complexity index is 1230. The predicted octanol–water partition coefficient (Wildman–Crippen LogP) is 7.61. The molecule has 6 nitrogen and oxygen atoms in total. The van der Waals surface area contributed by atoms with E-state index in [-0.39, 0.29) is 11.3 Å². The largest absolute Gasteiger partial charge is 0.372 e. The summed E-state index contributed by atoms with van der Waals surface area (Å²) in [5, 5.41) is 20.1. The van der Waals surface area contributed by atoms with Crippen LogP contribution in [0.5, 0.6) is 0 Å². The van der Waals surface area contributed by atoms with Gasteiger partial charge in [-0.15, -0.1) is 0 Å². The molecule has 0 aliphatic rings. The van der Waals surface area contributed by atoms with Gasteiger partial charge in [0, 0.05) is 31.0 Å². The van der Waals surface area contributed by atoms with Gasteiger partial charge in [-0.25, -0.2) is 0 Å². The molecule has 3 rings (SSSR count). The highest BCUT2D eigenvalue weighted by Crippen LogP contribution is 2.21. The Labute approximate surface area is 213 Å². The molecule has 0 amide bonds. The molecule has 0 saturated carbocycles. The molecule has 0 unspecified atom stereocenters. The smallest absolute Gasteiger partial charge is 0.287 e. The zero-order valence-electron chi connectivity index (χ0n) is 20.9. The van der Waals surface area contributed by atoms with Crippen LogP contribution < -0.4 is 4.90 Å². The van der Waals surface area contributed by atoms with Crippen molar-refractivity contribution in [1.82, 2.24) is 4.98 Å². The van der Waals surface area contributed by atoms with E-state index in [4.69, 9.17) is 5.26 Å². The number of hydrogen-bond acceptors (Lipinski definition) is 5. The Morgan fingerprint density at radius 3 is 2.08 bits per heavy atom. The molecule has 0 aliphatic heterocycles. The third kappa shape index (κ3) is 7.64. The summed E-state index contributed by atoms with van der Waals surface area (Å²) in [6.45, 7) is 6.66. The SMILES string of the molecule is CCCCN(CCCC)c1ccc(C=Cc2ccc(C=Cc3ccc([N+](=O)[O-])c(C#N)c3)nc2)cc1. The maximum Gasteiger partial charge on any atom is 0.287 e. The Hall–Kier alpha value is -4.24. The van der Waals surface area contributed by atoms with E-state index < -0.39 is 4.92 Å². The summed E-state index contributed by atoms with van der Waals surface area (Å²) in [6.07, 6.45) is 14.3. The summed E-state index contributed by atoms with van der Waals surface area (Å²) in [7, 11) is 0. The van der Waals surface area contributed by atoms with Crippen LogP contribution >= 0.6 is 0 Å². The minimum Gasteiger partial charge on any atom is -0.372 e. The average Bonchev–Trinajstić information content (AvgIpc) is 2.91. The van der Waals surface area contributed by atoms with Crippen LogP contribution in [-0.2, 0) is 0 Å². The molecule has 6 heteroatoms. The van der Waals surface area contributed by atoms with E-state index in [2.05, 4.69) is 54.1 Å². The van der Waals surface area contributed by atoms with E-state index >= 15 is 0 Å². The number of unbranched alkanes of at least 4 members (excludes halogenated alkanes) is 2. The first-order chi connectivity index (χ1) is 17.5. The van der Waals surface area contributed by atoms with E-state index in [0.717, 1.165) is 29.9 Å². The molecule has 2 aromatic carbocycles. The van der Waals surface area contributed by atoms with Crippen molar-refractivity contribution in [1.29, 1.82) is 5.26 Å². The Balaban J connectivity index is 1.63. The van der Waals surface area contributed by atoms with Gasteiger partial charge in [0.25, 0.3) is 5.69 Å². The summed E-state index contributed by atoms with van der Waals surface area (Å²) in [5.74, 6) is 0. The minimum atomic E-state index is -0.552. The van der Waals surface area contributed by atoms with Crippen molar-refractivity contribution >= 4 is 35.7 Å². The molecule has 36 heavy (non-hydrogen) atoms. The molecule has 0 saturated heterocycles. The van der Waals surface area contributed by atoms with E-state index in [1.54, 1.807) is 18.3 Å². The molecule has 0 aliphatic carbocycles. The first-order valence-electron chi connectivity index (χ1n) is 12.4. The van der Waals surface area contributed by atoms with E-state index in [1.807, 2.05) is 30.4 Å². The van der Waals surface area contributed by atoms with Crippen LogP contribution in [0, 0.1) is 21.4 Å². The van der Waals surface area contributed by atoms with E-state index in [9.17, 15) is 10.1 Å². The number of anilines is 1. The second kappa shape index (κ2) is 13.6. The van der Waals surface area contributed by atoms with Gasteiger partial charge >= 0.3 is 0 Å². The molecule has 0 N–H and O–H groups in total. The molecule has 184 valence electrons. The fraction of sp³-hybridized carbons (Fsp3) is 0.267. The predicted molar refractivity (Wildman–Crippen MR) is 148 cm³/mol. The van der Waals surface area contributed by atoms with Crippen molar-refractivity contribution in [2.75, 3.05) is 18.0 Å². The summed E-state index contributed by atoms with van der Waals surface area (Å²) in [4.78, 5) is 17.4. The van der Waals surface area contributed by atoms with Crippen LogP contribution in [0.1, 0.15) is 67.5 Å². The van der Waals surface area contributed by atoms with Gasteiger partial charge in [-0.2, -0.15) is 5.26 Å². The fourth-order valence-corrected chi connectivity index (χ4v) is 3.76. The lowest BCUT2D eigenvalue weighted by Gasteiger charge is -2.24. The molecule has 0 atom stereocenters. The quantitative estimate of drug-likeness (QED) is 0.197. The summed E-state index contributed by atoms with van der Waals surface area (Å²) in [5.41, 5.74) is 4.72. The maximum atomic E-state index is 11.0. The molecule has 0 bridgehead atoms. The molecular weight excluding hydrogens is 448 g/mol. The monoisotopic (exact) mass is 480 g/mol. The van der Waals surface area contributed by atoms with Crippen LogP contribution in [0.2, 0.25) is 0 Å². The van der Waals surface area contributed by atoms with Gasteiger partial charge in [0.15, 0.2) is 0 Å². The van der Waals surface area contributed by atoms with Crippen LogP contribution in [0.25, 0.3) is 24.3 Å². The normalized spacial score (nSPS) is 11.1. The first kappa shape index (κ1) is 26.4. The molecule has 0 spiro atoms. The van der Waals surface area contributed by atoms with Crippen molar-refractivity contribution in [3.05, 3.63) is 98.9 Å². The molecule has 1 heterocycles. The molecule has 3 aromatic rings. The van der Waals surface area contributed by atoms with Crippen molar-refractivity contribution in [3.63, 3.8) is 0 Å². The lowest BCUT2D eigenvalue weighted by molar-refractivity contribution is -0.385. The van der Waals surface area contributed by atoms with Crippen LogP contribution in [-0.4, -0.2) is 23.0 Å². The third-order valence-electron chi connectivity index (χ3n) is 5.88. The van der Waals surface area contributed by atoms with Crippen molar-refractivity contribution in [2.24, 2.45) is 0 Å². The number of benzene rings is 2. The van der Waals surface area contributed by atoms with E-state index in [1.165, 1.54) is 43.5 Å². The van der Waals surface area contributed by atoms with Gasteiger partial charge in [-0.1, -0.05) is 63.1 Å². The van der Waals surface area contributed by atoms with Crippen molar-refractivity contribution in [2.45, 2.75) is 39.5 Å². The highest BCUT2D eigenvalue weighted by molar-refractivity contribution is 5.72. The van der Waals surface area contributed by atoms with Gasteiger partial charge in [-0.05, 0) is 65.9 Å². The van der Waals surface area contributed by atoms with Gasteiger partial charge in [0.1, 0.15) is 11.6 Å². The number of rotatable bonds is 12. The number of hydrogen-bond donors (Lipinski definition) is 0.